The van der Waals surface area contributed by atoms with Gasteiger partial charge in [-0.3, -0.25) is 4.79 Å². The molecule has 0 aromatic carbocycles. The van der Waals surface area contributed by atoms with Crippen molar-refractivity contribution in [1.29, 1.82) is 5.26 Å². The lowest BCUT2D eigenvalue weighted by Crippen LogP contribution is -2.27. The van der Waals surface area contributed by atoms with E-state index in [1.807, 2.05) is 11.9 Å². The normalized spacial score (nSPS) is 11.9. The molecule has 0 aliphatic heterocycles. The maximum atomic E-state index is 11.8. The van der Waals surface area contributed by atoms with E-state index in [9.17, 15) is 4.79 Å². The molecule has 0 fully saturated rings. The van der Waals surface area contributed by atoms with Gasteiger partial charge in [-0.25, -0.2) is 4.68 Å². The molecule has 1 aromatic heterocycles. The van der Waals surface area contributed by atoms with E-state index in [0.29, 0.717) is 6.54 Å². The lowest BCUT2D eigenvalue weighted by Gasteiger charge is -2.17. The molecule has 1 heterocycles. The number of aromatic nitrogens is 2. The van der Waals surface area contributed by atoms with Crippen molar-refractivity contribution >= 4 is 5.69 Å². The van der Waals surface area contributed by atoms with Crippen LogP contribution in [0.5, 0.6) is 0 Å². The molecule has 1 atom stereocenters. The lowest BCUT2D eigenvalue weighted by atomic mass is 10.2. The Kier molecular flexibility index (Phi) is 4.70. The molecule has 0 spiro atoms. The molecule has 0 radical (unpaired) electrons. The molecule has 92 valence electrons. The van der Waals surface area contributed by atoms with Crippen molar-refractivity contribution in [3.63, 3.8) is 0 Å². The highest BCUT2D eigenvalue weighted by atomic mass is 16.1. The minimum absolute atomic E-state index is 0.160. The summed E-state index contributed by atoms with van der Waals surface area (Å²) in [5.41, 5.74) is 0.658. The van der Waals surface area contributed by atoms with Gasteiger partial charge in [0.15, 0.2) is 0 Å². The minimum Gasteiger partial charge on any atom is -0.373 e. The van der Waals surface area contributed by atoms with Crippen LogP contribution in [0.25, 0.3) is 0 Å². The third kappa shape index (κ3) is 3.59. The standard InChI is InChI=1S/C12H18N4O/c1-4-5-15(3)11-6-12(17)16(14-8-11)9-10(2)7-13/h6,8,10H,4-5,9H2,1-3H3. The fraction of sp³-hybridized carbons (Fsp3) is 0.583. The quantitative estimate of drug-likeness (QED) is 0.769. The first kappa shape index (κ1) is 13.2. The van der Waals surface area contributed by atoms with Gasteiger partial charge in [-0.1, -0.05) is 6.92 Å². The van der Waals surface area contributed by atoms with Crippen LogP contribution in [-0.2, 0) is 6.54 Å². The number of hydrogen-bond acceptors (Lipinski definition) is 4. The summed E-state index contributed by atoms with van der Waals surface area (Å²) >= 11 is 0. The summed E-state index contributed by atoms with van der Waals surface area (Å²) in [6, 6.07) is 3.65. The molecule has 5 nitrogen and oxygen atoms in total. The Morgan fingerprint density at radius 3 is 2.88 bits per heavy atom. The van der Waals surface area contributed by atoms with Crippen LogP contribution < -0.4 is 10.5 Å². The fourth-order valence-electron chi connectivity index (χ4n) is 1.53. The molecule has 17 heavy (non-hydrogen) atoms. The molecule has 1 rings (SSSR count). The molecule has 0 amide bonds. The second kappa shape index (κ2) is 6.04. The van der Waals surface area contributed by atoms with Crippen LogP contribution in [0.2, 0.25) is 0 Å². The first-order valence-electron chi connectivity index (χ1n) is 5.76. The Bertz CT molecular complexity index is 460. The maximum absolute atomic E-state index is 11.8. The van der Waals surface area contributed by atoms with Crippen molar-refractivity contribution in [2.75, 3.05) is 18.5 Å². The molecule has 5 heteroatoms. The van der Waals surface area contributed by atoms with E-state index in [1.54, 1.807) is 19.2 Å². The monoisotopic (exact) mass is 234 g/mol. The summed E-state index contributed by atoms with van der Waals surface area (Å²) < 4.78 is 1.33. The van der Waals surface area contributed by atoms with Gasteiger partial charge in [-0.2, -0.15) is 10.4 Å². The number of nitriles is 1. The van der Waals surface area contributed by atoms with Crippen LogP contribution in [0, 0.1) is 17.2 Å². The van der Waals surface area contributed by atoms with E-state index in [4.69, 9.17) is 5.26 Å². The smallest absolute Gasteiger partial charge is 0.268 e. The van der Waals surface area contributed by atoms with Crippen molar-refractivity contribution in [3.8, 4) is 6.07 Å². The highest BCUT2D eigenvalue weighted by molar-refractivity contribution is 5.41. The van der Waals surface area contributed by atoms with Gasteiger partial charge in [-0.05, 0) is 13.3 Å². The molecule has 0 aliphatic rings. The topological polar surface area (TPSA) is 61.9 Å². The van der Waals surface area contributed by atoms with E-state index in [2.05, 4.69) is 18.1 Å². The summed E-state index contributed by atoms with van der Waals surface area (Å²) in [5.74, 6) is -0.209. The summed E-state index contributed by atoms with van der Waals surface area (Å²) in [5, 5.41) is 12.8. The van der Waals surface area contributed by atoms with Crippen LogP contribution in [0.15, 0.2) is 17.1 Å². The zero-order chi connectivity index (χ0) is 12.8. The number of anilines is 1. The summed E-state index contributed by atoms with van der Waals surface area (Å²) in [6.45, 7) is 5.08. The molecule has 0 aliphatic carbocycles. The Balaban J connectivity index is 2.87. The van der Waals surface area contributed by atoms with Crippen molar-refractivity contribution in [1.82, 2.24) is 9.78 Å². The highest BCUT2D eigenvalue weighted by Crippen LogP contribution is 2.07. The first-order chi connectivity index (χ1) is 8.08. The Morgan fingerprint density at radius 2 is 2.35 bits per heavy atom. The molecule has 1 unspecified atom stereocenters. The zero-order valence-corrected chi connectivity index (χ0v) is 10.6. The average Bonchev–Trinajstić information content (AvgIpc) is 2.31. The van der Waals surface area contributed by atoms with Gasteiger partial charge in [-0.15, -0.1) is 0 Å². The molecule has 0 saturated heterocycles. The molecule has 1 aromatic rings. The molecule has 0 N–H and O–H groups in total. The Morgan fingerprint density at radius 1 is 1.65 bits per heavy atom. The van der Waals surface area contributed by atoms with Gasteiger partial charge in [0.1, 0.15) is 0 Å². The second-order valence-electron chi connectivity index (χ2n) is 4.19. The molecule has 0 bridgehead atoms. The van der Waals surface area contributed by atoms with Gasteiger partial charge in [0.05, 0.1) is 30.4 Å². The number of hydrogen-bond donors (Lipinski definition) is 0. The molecule has 0 saturated carbocycles. The molecular formula is C12H18N4O. The van der Waals surface area contributed by atoms with E-state index in [1.165, 1.54) is 4.68 Å². The van der Waals surface area contributed by atoms with E-state index < -0.39 is 0 Å². The van der Waals surface area contributed by atoms with Crippen molar-refractivity contribution < 1.29 is 0 Å². The predicted molar refractivity (Wildman–Crippen MR) is 66.8 cm³/mol. The van der Waals surface area contributed by atoms with Crippen molar-refractivity contribution in [2.24, 2.45) is 5.92 Å². The molecular weight excluding hydrogens is 216 g/mol. The SMILES string of the molecule is CCCN(C)c1cnn(CC(C)C#N)c(=O)c1. The Labute approximate surface area is 101 Å². The van der Waals surface area contributed by atoms with Crippen LogP contribution in [0.3, 0.4) is 0 Å². The summed E-state index contributed by atoms with van der Waals surface area (Å²) in [7, 11) is 1.93. The number of nitrogens with zero attached hydrogens (tertiary/aromatic N) is 4. The van der Waals surface area contributed by atoms with Crippen molar-refractivity contribution in [2.45, 2.75) is 26.8 Å². The lowest BCUT2D eigenvalue weighted by molar-refractivity contribution is 0.503. The van der Waals surface area contributed by atoms with E-state index >= 15 is 0 Å². The zero-order valence-electron chi connectivity index (χ0n) is 10.6. The Hall–Kier alpha value is -1.83. The maximum Gasteiger partial charge on any atom is 0.268 e. The minimum atomic E-state index is -0.209. The summed E-state index contributed by atoms with van der Waals surface area (Å²) in [6.07, 6.45) is 2.69. The van der Waals surface area contributed by atoms with Gasteiger partial charge in [0, 0.05) is 19.7 Å². The van der Waals surface area contributed by atoms with Crippen molar-refractivity contribution in [3.05, 3.63) is 22.6 Å². The predicted octanol–water partition coefficient (Wildman–Crippen LogP) is 1.25. The number of rotatable bonds is 5. The van der Waals surface area contributed by atoms with Gasteiger partial charge in [0.2, 0.25) is 0 Å². The van der Waals surface area contributed by atoms with Gasteiger partial charge >= 0.3 is 0 Å². The van der Waals surface area contributed by atoms with Crippen LogP contribution >= 0.6 is 0 Å². The van der Waals surface area contributed by atoms with Crippen LogP contribution in [0.1, 0.15) is 20.3 Å². The van der Waals surface area contributed by atoms with E-state index in [-0.39, 0.29) is 11.5 Å². The largest absolute Gasteiger partial charge is 0.373 e. The second-order valence-corrected chi connectivity index (χ2v) is 4.19. The fourth-order valence-corrected chi connectivity index (χ4v) is 1.53. The van der Waals surface area contributed by atoms with Gasteiger partial charge < -0.3 is 4.90 Å². The average molecular weight is 234 g/mol. The third-order valence-electron chi connectivity index (χ3n) is 2.52. The van der Waals surface area contributed by atoms with Gasteiger partial charge in [0.25, 0.3) is 5.56 Å². The van der Waals surface area contributed by atoms with Crippen LogP contribution in [0.4, 0.5) is 5.69 Å². The van der Waals surface area contributed by atoms with Crippen LogP contribution in [-0.4, -0.2) is 23.4 Å². The third-order valence-corrected chi connectivity index (χ3v) is 2.52. The highest BCUT2D eigenvalue weighted by Gasteiger charge is 2.06. The summed E-state index contributed by atoms with van der Waals surface area (Å²) in [4.78, 5) is 13.8. The first-order valence-corrected chi connectivity index (χ1v) is 5.76. The van der Waals surface area contributed by atoms with E-state index in [0.717, 1.165) is 18.7 Å².